The Morgan fingerprint density at radius 3 is 2.95 bits per heavy atom. The summed E-state index contributed by atoms with van der Waals surface area (Å²) >= 11 is 0. The maximum atomic E-state index is 11.9. The molecule has 5 nitrogen and oxygen atoms in total. The second-order valence-corrected chi connectivity index (χ2v) is 4.61. The van der Waals surface area contributed by atoms with Crippen molar-refractivity contribution >= 4 is 0 Å². The second kappa shape index (κ2) is 6.33. The Morgan fingerprint density at radius 1 is 1.42 bits per heavy atom. The monoisotopic (exact) mass is 279 g/mol. The number of alkyl halides is 3. The molecule has 1 unspecified atom stereocenters. The van der Waals surface area contributed by atoms with Crippen LogP contribution in [0.2, 0.25) is 0 Å². The van der Waals surface area contributed by atoms with Crippen LogP contribution >= 0.6 is 0 Å². The van der Waals surface area contributed by atoms with Crippen molar-refractivity contribution in [3.8, 4) is 0 Å². The van der Waals surface area contributed by atoms with Gasteiger partial charge in [-0.1, -0.05) is 5.16 Å². The molecule has 8 heteroatoms. The standard InChI is InChI=1S/C11H16F3N3O2/c12-11(13,14)7-18-6-9-16-10(19-17-9)2-1-8-3-4-15-5-8/h8,15H,1-7H2. The molecular weight excluding hydrogens is 263 g/mol. The quantitative estimate of drug-likeness (QED) is 0.858. The van der Waals surface area contributed by atoms with Crippen LogP contribution in [0.15, 0.2) is 4.52 Å². The Bertz CT molecular complexity index is 389. The molecule has 1 atom stereocenters. The summed E-state index contributed by atoms with van der Waals surface area (Å²) in [6.45, 7) is 0.444. The number of aromatic nitrogens is 2. The number of aryl methyl sites for hydroxylation is 1. The molecule has 0 aliphatic carbocycles. The molecule has 1 aromatic rings. The van der Waals surface area contributed by atoms with Gasteiger partial charge in [0.1, 0.15) is 13.2 Å². The number of halogens is 3. The average molecular weight is 279 g/mol. The van der Waals surface area contributed by atoms with Crippen molar-refractivity contribution < 1.29 is 22.4 Å². The first-order chi connectivity index (χ1) is 9.03. The van der Waals surface area contributed by atoms with Crippen LogP contribution in [0.4, 0.5) is 13.2 Å². The van der Waals surface area contributed by atoms with E-state index in [0.29, 0.717) is 18.2 Å². The fourth-order valence-corrected chi connectivity index (χ4v) is 2.00. The number of ether oxygens (including phenoxy) is 1. The van der Waals surface area contributed by atoms with E-state index in [1.165, 1.54) is 0 Å². The highest BCUT2D eigenvalue weighted by Crippen LogP contribution is 2.16. The molecule has 0 aromatic carbocycles. The lowest BCUT2D eigenvalue weighted by Crippen LogP contribution is -2.17. The predicted octanol–water partition coefficient (Wildman–Crippen LogP) is 1.69. The first-order valence-electron chi connectivity index (χ1n) is 6.19. The van der Waals surface area contributed by atoms with Gasteiger partial charge in [0.25, 0.3) is 0 Å². The molecule has 19 heavy (non-hydrogen) atoms. The summed E-state index contributed by atoms with van der Waals surface area (Å²) in [7, 11) is 0. The molecule has 1 aliphatic rings. The van der Waals surface area contributed by atoms with E-state index in [0.717, 1.165) is 25.9 Å². The molecule has 2 heterocycles. The van der Waals surface area contributed by atoms with Gasteiger partial charge >= 0.3 is 6.18 Å². The van der Waals surface area contributed by atoms with E-state index in [9.17, 15) is 13.2 Å². The zero-order chi connectivity index (χ0) is 13.7. The topological polar surface area (TPSA) is 60.2 Å². The summed E-state index contributed by atoms with van der Waals surface area (Å²) in [5.74, 6) is 1.22. The van der Waals surface area contributed by atoms with Crippen molar-refractivity contribution in [3.05, 3.63) is 11.7 Å². The smallest absolute Gasteiger partial charge is 0.364 e. The molecule has 1 fully saturated rings. The van der Waals surface area contributed by atoms with E-state index in [-0.39, 0.29) is 12.4 Å². The Morgan fingerprint density at radius 2 is 2.26 bits per heavy atom. The largest absolute Gasteiger partial charge is 0.411 e. The lowest BCUT2D eigenvalue weighted by atomic mass is 10.0. The third-order valence-corrected chi connectivity index (χ3v) is 2.94. The van der Waals surface area contributed by atoms with Gasteiger partial charge in [-0.05, 0) is 31.8 Å². The van der Waals surface area contributed by atoms with Crippen LogP contribution in [-0.4, -0.2) is 36.0 Å². The molecule has 0 spiro atoms. The van der Waals surface area contributed by atoms with Crippen LogP contribution in [0.25, 0.3) is 0 Å². The number of rotatable bonds is 6. The van der Waals surface area contributed by atoms with Crippen LogP contribution in [-0.2, 0) is 17.8 Å². The van der Waals surface area contributed by atoms with Gasteiger partial charge in [0.2, 0.25) is 5.89 Å². The summed E-state index contributed by atoms with van der Waals surface area (Å²) in [4.78, 5) is 4.00. The van der Waals surface area contributed by atoms with Crippen molar-refractivity contribution in [1.29, 1.82) is 0 Å². The minimum atomic E-state index is -4.33. The maximum Gasteiger partial charge on any atom is 0.411 e. The van der Waals surface area contributed by atoms with Crippen LogP contribution in [0.3, 0.4) is 0 Å². The van der Waals surface area contributed by atoms with E-state index in [1.54, 1.807) is 0 Å². The molecule has 0 saturated carbocycles. The summed E-state index contributed by atoms with van der Waals surface area (Å²) in [6.07, 6.45) is -1.60. The lowest BCUT2D eigenvalue weighted by Gasteiger charge is -2.05. The molecule has 1 aliphatic heterocycles. The average Bonchev–Trinajstić information content (AvgIpc) is 2.94. The Balaban J connectivity index is 1.69. The third-order valence-electron chi connectivity index (χ3n) is 2.94. The summed E-state index contributed by atoms with van der Waals surface area (Å²) < 4.78 is 45.0. The van der Waals surface area contributed by atoms with E-state index >= 15 is 0 Å². The molecule has 2 rings (SSSR count). The zero-order valence-corrected chi connectivity index (χ0v) is 10.4. The highest BCUT2D eigenvalue weighted by molar-refractivity contribution is 4.86. The van der Waals surface area contributed by atoms with Gasteiger partial charge in [0, 0.05) is 6.42 Å². The number of nitrogens with one attached hydrogen (secondary N) is 1. The molecule has 0 bridgehead atoms. The number of hydrogen-bond donors (Lipinski definition) is 1. The first kappa shape index (κ1) is 14.3. The van der Waals surface area contributed by atoms with Crippen molar-refractivity contribution in [2.75, 3.05) is 19.7 Å². The van der Waals surface area contributed by atoms with Crippen LogP contribution in [0.1, 0.15) is 24.6 Å². The fraction of sp³-hybridized carbons (Fsp3) is 0.818. The molecule has 0 radical (unpaired) electrons. The molecule has 1 aromatic heterocycles. The molecule has 1 saturated heterocycles. The van der Waals surface area contributed by atoms with Gasteiger partial charge in [0.15, 0.2) is 5.82 Å². The third kappa shape index (κ3) is 5.15. The molecule has 108 valence electrons. The first-order valence-corrected chi connectivity index (χ1v) is 6.19. The molecular formula is C11H16F3N3O2. The van der Waals surface area contributed by atoms with E-state index in [4.69, 9.17) is 4.52 Å². The van der Waals surface area contributed by atoms with Crippen LogP contribution < -0.4 is 5.32 Å². The summed E-state index contributed by atoms with van der Waals surface area (Å²) in [5, 5.41) is 6.85. The van der Waals surface area contributed by atoms with Crippen molar-refractivity contribution in [2.24, 2.45) is 5.92 Å². The van der Waals surface area contributed by atoms with E-state index < -0.39 is 12.8 Å². The Hall–Kier alpha value is -1.15. The van der Waals surface area contributed by atoms with Gasteiger partial charge in [-0.25, -0.2) is 0 Å². The van der Waals surface area contributed by atoms with Crippen molar-refractivity contribution in [3.63, 3.8) is 0 Å². The minimum Gasteiger partial charge on any atom is -0.364 e. The summed E-state index contributed by atoms with van der Waals surface area (Å²) in [6, 6.07) is 0. The molecule has 0 amide bonds. The van der Waals surface area contributed by atoms with Gasteiger partial charge < -0.3 is 14.6 Å². The normalized spacial score (nSPS) is 20.1. The number of hydrogen-bond acceptors (Lipinski definition) is 5. The highest BCUT2D eigenvalue weighted by atomic mass is 19.4. The Kier molecular flexibility index (Phi) is 4.76. The second-order valence-electron chi connectivity index (χ2n) is 4.61. The predicted molar refractivity (Wildman–Crippen MR) is 59.3 cm³/mol. The minimum absolute atomic E-state index is 0.156. The summed E-state index contributed by atoms with van der Waals surface area (Å²) in [5.41, 5.74) is 0. The maximum absolute atomic E-state index is 11.9. The van der Waals surface area contributed by atoms with E-state index in [1.807, 2.05) is 0 Å². The SMILES string of the molecule is FC(F)(F)COCc1noc(CCC2CCNC2)n1. The van der Waals surface area contributed by atoms with Crippen LogP contribution in [0.5, 0.6) is 0 Å². The van der Waals surface area contributed by atoms with Crippen molar-refractivity contribution in [2.45, 2.75) is 32.0 Å². The lowest BCUT2D eigenvalue weighted by molar-refractivity contribution is -0.177. The Labute approximate surface area is 108 Å². The van der Waals surface area contributed by atoms with Gasteiger partial charge in [-0.2, -0.15) is 18.2 Å². The van der Waals surface area contributed by atoms with Gasteiger partial charge in [0.05, 0.1) is 0 Å². The molecule has 1 N–H and O–H groups in total. The zero-order valence-electron chi connectivity index (χ0n) is 10.4. The van der Waals surface area contributed by atoms with Gasteiger partial charge in [-0.15, -0.1) is 0 Å². The number of nitrogens with zero attached hydrogens (tertiary/aromatic N) is 2. The van der Waals surface area contributed by atoms with Gasteiger partial charge in [-0.3, -0.25) is 0 Å². The van der Waals surface area contributed by atoms with E-state index in [2.05, 4.69) is 20.2 Å². The van der Waals surface area contributed by atoms with Crippen molar-refractivity contribution in [1.82, 2.24) is 15.5 Å². The van der Waals surface area contributed by atoms with Crippen LogP contribution in [0, 0.1) is 5.92 Å². The highest BCUT2D eigenvalue weighted by Gasteiger charge is 2.27. The fourth-order valence-electron chi connectivity index (χ4n) is 2.00.